The van der Waals surface area contributed by atoms with E-state index in [1.807, 2.05) is 42.5 Å². The van der Waals surface area contributed by atoms with Gasteiger partial charge in [-0.3, -0.25) is 9.48 Å². The minimum Gasteiger partial charge on any atom is -0.352 e. The van der Waals surface area contributed by atoms with Crippen molar-refractivity contribution in [3.63, 3.8) is 0 Å². The van der Waals surface area contributed by atoms with E-state index < -0.39 is 0 Å². The van der Waals surface area contributed by atoms with E-state index in [4.69, 9.17) is 23.2 Å². The molecule has 0 saturated carbocycles. The molecule has 3 aromatic rings. The van der Waals surface area contributed by atoms with Crippen LogP contribution in [0.4, 0.5) is 0 Å². The molecule has 3 rings (SSSR count). The Morgan fingerprint density at radius 2 is 1.91 bits per heavy atom. The van der Waals surface area contributed by atoms with Gasteiger partial charge in [-0.2, -0.15) is 5.10 Å². The molecule has 0 aliphatic carbocycles. The summed E-state index contributed by atoms with van der Waals surface area (Å²) in [7, 11) is 0. The second-order valence-electron chi connectivity index (χ2n) is 5.19. The summed E-state index contributed by atoms with van der Waals surface area (Å²) in [5, 5.41) is 9.44. The Hall–Kier alpha value is -2.04. The molecule has 0 aliphatic heterocycles. The van der Waals surface area contributed by atoms with E-state index in [9.17, 15) is 4.79 Å². The molecule has 1 aromatic heterocycles. The van der Waals surface area contributed by atoms with E-state index >= 15 is 0 Å². The van der Waals surface area contributed by atoms with Crippen molar-refractivity contribution in [2.24, 2.45) is 0 Å². The molecule has 0 saturated heterocycles. The van der Waals surface area contributed by atoms with Gasteiger partial charge in [-0.15, -0.1) is 0 Å². The first-order chi connectivity index (χ1) is 11.1. The molecule has 0 spiro atoms. The van der Waals surface area contributed by atoms with Gasteiger partial charge < -0.3 is 5.32 Å². The van der Waals surface area contributed by atoms with Crippen molar-refractivity contribution in [3.05, 3.63) is 64.3 Å². The van der Waals surface area contributed by atoms with Crippen LogP contribution < -0.4 is 5.32 Å². The number of carbonyl (C=O) groups is 1. The predicted molar refractivity (Wildman–Crippen MR) is 92.7 cm³/mol. The highest BCUT2D eigenvalue weighted by Gasteiger charge is 2.07. The Morgan fingerprint density at radius 3 is 2.70 bits per heavy atom. The van der Waals surface area contributed by atoms with Crippen molar-refractivity contribution in [1.82, 2.24) is 15.1 Å². The van der Waals surface area contributed by atoms with Gasteiger partial charge in [-0.25, -0.2) is 0 Å². The number of rotatable bonds is 5. The molecular weight excluding hydrogens is 333 g/mol. The first-order valence-corrected chi connectivity index (χ1v) is 8.00. The maximum absolute atomic E-state index is 12.0. The van der Waals surface area contributed by atoms with E-state index in [1.54, 1.807) is 10.9 Å². The van der Waals surface area contributed by atoms with E-state index in [2.05, 4.69) is 10.4 Å². The van der Waals surface area contributed by atoms with Crippen LogP contribution in [0.1, 0.15) is 12.0 Å². The number of aryl methyl sites for hydroxylation is 1. The van der Waals surface area contributed by atoms with Crippen molar-refractivity contribution in [2.45, 2.75) is 19.5 Å². The van der Waals surface area contributed by atoms with Crippen LogP contribution in [-0.2, 0) is 17.9 Å². The molecule has 23 heavy (non-hydrogen) atoms. The number of amides is 1. The normalized spacial score (nSPS) is 10.9. The maximum atomic E-state index is 12.0. The lowest BCUT2D eigenvalue weighted by molar-refractivity contribution is -0.121. The Kier molecular flexibility index (Phi) is 4.84. The van der Waals surface area contributed by atoms with Crippen LogP contribution in [0.5, 0.6) is 0 Å². The third-order valence-electron chi connectivity index (χ3n) is 3.59. The van der Waals surface area contributed by atoms with Gasteiger partial charge in [0.15, 0.2) is 0 Å². The third-order valence-corrected chi connectivity index (χ3v) is 4.17. The lowest BCUT2D eigenvalue weighted by Gasteiger charge is -2.07. The number of benzene rings is 2. The van der Waals surface area contributed by atoms with Crippen molar-refractivity contribution < 1.29 is 4.79 Å². The molecule has 118 valence electrons. The molecule has 4 nitrogen and oxygen atoms in total. The predicted octanol–water partition coefficient (Wildman–Crippen LogP) is 4.05. The van der Waals surface area contributed by atoms with Gasteiger partial charge in [0.2, 0.25) is 5.91 Å². The van der Waals surface area contributed by atoms with Crippen LogP contribution in [0.15, 0.2) is 48.7 Å². The third kappa shape index (κ3) is 3.84. The summed E-state index contributed by atoms with van der Waals surface area (Å²) in [4.78, 5) is 12.0. The number of fused-ring (bicyclic) bond motifs is 1. The quantitative estimate of drug-likeness (QED) is 0.756. The lowest BCUT2D eigenvalue weighted by Crippen LogP contribution is -2.24. The highest BCUT2D eigenvalue weighted by molar-refractivity contribution is 6.35. The number of nitrogens with zero attached hydrogens (tertiary/aromatic N) is 2. The molecule has 0 fully saturated rings. The average molecular weight is 348 g/mol. The minimum absolute atomic E-state index is 0.0226. The zero-order chi connectivity index (χ0) is 16.2. The SMILES string of the molecule is O=C(CCn1ncc2c(Cl)cccc21)NCc1ccc(Cl)cc1. The molecule has 1 amide bonds. The van der Waals surface area contributed by atoms with Gasteiger partial charge in [0.25, 0.3) is 0 Å². The zero-order valence-electron chi connectivity index (χ0n) is 12.3. The van der Waals surface area contributed by atoms with Crippen molar-refractivity contribution >= 4 is 40.0 Å². The van der Waals surface area contributed by atoms with Gasteiger partial charge in [0.05, 0.1) is 23.3 Å². The molecular formula is C17H15Cl2N3O. The molecule has 6 heteroatoms. The zero-order valence-corrected chi connectivity index (χ0v) is 13.8. The fourth-order valence-corrected chi connectivity index (χ4v) is 2.69. The lowest BCUT2D eigenvalue weighted by atomic mass is 10.2. The summed E-state index contributed by atoms with van der Waals surface area (Å²) in [6.07, 6.45) is 2.08. The number of halogens is 2. The standard InChI is InChI=1S/C17H15Cl2N3O/c18-13-6-4-12(5-7-13)10-20-17(23)8-9-22-16-3-1-2-15(19)14(16)11-21-22/h1-7,11H,8-10H2,(H,20,23). The Bertz CT molecular complexity index is 827. The summed E-state index contributed by atoms with van der Waals surface area (Å²) in [5.74, 6) is -0.0226. The number of hydrogen-bond donors (Lipinski definition) is 1. The van der Waals surface area contributed by atoms with E-state index in [-0.39, 0.29) is 5.91 Å². The monoisotopic (exact) mass is 347 g/mol. The van der Waals surface area contributed by atoms with Gasteiger partial charge in [-0.1, -0.05) is 41.4 Å². The minimum atomic E-state index is -0.0226. The average Bonchev–Trinajstić information content (AvgIpc) is 2.97. The summed E-state index contributed by atoms with van der Waals surface area (Å²) in [6.45, 7) is 0.998. The van der Waals surface area contributed by atoms with E-state index in [0.29, 0.717) is 29.6 Å². The van der Waals surface area contributed by atoms with Gasteiger partial charge in [0, 0.05) is 23.4 Å². The number of aromatic nitrogens is 2. The Labute approximate surface area is 144 Å². The molecule has 0 radical (unpaired) electrons. The largest absolute Gasteiger partial charge is 0.352 e. The van der Waals surface area contributed by atoms with Gasteiger partial charge in [0.1, 0.15) is 0 Å². The summed E-state index contributed by atoms with van der Waals surface area (Å²) < 4.78 is 1.79. The van der Waals surface area contributed by atoms with Gasteiger partial charge in [-0.05, 0) is 29.8 Å². The van der Waals surface area contributed by atoms with Gasteiger partial charge >= 0.3 is 0 Å². The fraction of sp³-hybridized carbons (Fsp3) is 0.176. The van der Waals surface area contributed by atoms with Crippen LogP contribution in [0, 0.1) is 0 Å². The van der Waals surface area contributed by atoms with Crippen molar-refractivity contribution in [2.75, 3.05) is 0 Å². The second-order valence-corrected chi connectivity index (χ2v) is 6.04. The van der Waals surface area contributed by atoms with E-state index in [0.717, 1.165) is 16.5 Å². The molecule has 1 N–H and O–H groups in total. The van der Waals surface area contributed by atoms with Crippen LogP contribution in [-0.4, -0.2) is 15.7 Å². The number of hydrogen-bond acceptors (Lipinski definition) is 2. The summed E-state index contributed by atoms with van der Waals surface area (Å²) in [6, 6.07) is 13.1. The van der Waals surface area contributed by atoms with Crippen LogP contribution >= 0.6 is 23.2 Å². The molecule has 2 aromatic carbocycles. The second kappa shape index (κ2) is 7.02. The smallest absolute Gasteiger partial charge is 0.222 e. The molecule has 1 heterocycles. The highest BCUT2D eigenvalue weighted by Crippen LogP contribution is 2.22. The van der Waals surface area contributed by atoms with E-state index in [1.165, 1.54) is 0 Å². The van der Waals surface area contributed by atoms with Crippen LogP contribution in [0.25, 0.3) is 10.9 Å². The topological polar surface area (TPSA) is 46.9 Å². The van der Waals surface area contributed by atoms with Crippen LogP contribution in [0.2, 0.25) is 10.0 Å². The first kappa shape index (κ1) is 15.8. The summed E-state index contributed by atoms with van der Waals surface area (Å²) in [5.41, 5.74) is 1.95. The van der Waals surface area contributed by atoms with Crippen LogP contribution in [0.3, 0.4) is 0 Å². The highest BCUT2D eigenvalue weighted by atomic mass is 35.5. The molecule has 0 bridgehead atoms. The Balaban J connectivity index is 1.56. The first-order valence-electron chi connectivity index (χ1n) is 7.24. The van der Waals surface area contributed by atoms with Crippen molar-refractivity contribution in [1.29, 1.82) is 0 Å². The number of nitrogens with one attached hydrogen (secondary N) is 1. The Morgan fingerprint density at radius 1 is 1.13 bits per heavy atom. The molecule has 0 aliphatic rings. The maximum Gasteiger partial charge on any atom is 0.222 e. The fourth-order valence-electron chi connectivity index (χ4n) is 2.35. The molecule has 0 unspecified atom stereocenters. The number of carbonyl (C=O) groups excluding carboxylic acids is 1. The van der Waals surface area contributed by atoms with Crippen molar-refractivity contribution in [3.8, 4) is 0 Å². The summed E-state index contributed by atoms with van der Waals surface area (Å²) >= 11 is 12.0. The molecule has 0 atom stereocenters.